The molecule has 0 unspecified atom stereocenters. The van der Waals surface area contributed by atoms with Crippen LogP contribution in [0.2, 0.25) is 0 Å². The Balaban J connectivity index is 1.53. The molecule has 0 spiro atoms. The van der Waals surface area contributed by atoms with Crippen LogP contribution in [-0.4, -0.2) is 54.5 Å². The predicted molar refractivity (Wildman–Crippen MR) is 105 cm³/mol. The monoisotopic (exact) mass is 353 g/mol. The van der Waals surface area contributed by atoms with Crippen molar-refractivity contribution in [1.29, 1.82) is 0 Å². The number of methoxy groups -OCH3 is 1. The highest BCUT2D eigenvalue weighted by molar-refractivity contribution is 5.80. The molecule has 138 valence electrons. The second-order valence-corrected chi connectivity index (χ2v) is 6.84. The van der Waals surface area contributed by atoms with Crippen LogP contribution in [0.4, 0.5) is 0 Å². The number of hydrazone groups is 1. The first kappa shape index (κ1) is 18.3. The van der Waals surface area contributed by atoms with Crippen molar-refractivity contribution in [3.8, 4) is 11.5 Å². The van der Waals surface area contributed by atoms with E-state index < -0.39 is 0 Å². The van der Waals surface area contributed by atoms with Crippen LogP contribution < -0.4 is 4.74 Å². The van der Waals surface area contributed by atoms with Gasteiger partial charge in [0.05, 0.1) is 13.3 Å². The van der Waals surface area contributed by atoms with E-state index in [-0.39, 0.29) is 5.75 Å². The molecular formula is C21H27N3O2. The van der Waals surface area contributed by atoms with Crippen LogP contribution in [0.15, 0.2) is 41.5 Å². The summed E-state index contributed by atoms with van der Waals surface area (Å²) in [6.07, 6.45) is 1.82. The van der Waals surface area contributed by atoms with E-state index in [4.69, 9.17) is 4.74 Å². The van der Waals surface area contributed by atoms with Crippen molar-refractivity contribution < 1.29 is 9.84 Å². The first-order chi connectivity index (χ1) is 12.5. The molecule has 0 amide bonds. The van der Waals surface area contributed by atoms with Crippen molar-refractivity contribution in [2.75, 3.05) is 33.3 Å². The molecule has 0 saturated carbocycles. The number of phenols is 1. The Kier molecular flexibility index (Phi) is 5.78. The molecule has 1 heterocycles. The van der Waals surface area contributed by atoms with E-state index in [9.17, 15) is 5.11 Å². The molecule has 1 fully saturated rings. The first-order valence-corrected chi connectivity index (χ1v) is 8.99. The number of aryl methyl sites for hydroxylation is 2. The molecule has 3 rings (SSSR count). The van der Waals surface area contributed by atoms with Crippen molar-refractivity contribution >= 4 is 6.21 Å². The molecule has 1 N–H and O–H groups in total. The van der Waals surface area contributed by atoms with E-state index in [1.165, 1.54) is 16.7 Å². The van der Waals surface area contributed by atoms with Gasteiger partial charge in [0.25, 0.3) is 0 Å². The fraction of sp³-hybridized carbons (Fsp3) is 0.381. The van der Waals surface area contributed by atoms with Crippen molar-refractivity contribution in [2.24, 2.45) is 5.10 Å². The summed E-state index contributed by atoms with van der Waals surface area (Å²) in [7, 11) is 1.55. The van der Waals surface area contributed by atoms with E-state index >= 15 is 0 Å². The SMILES string of the molecule is COc1cc(/C=N/N2CCN(Cc3ccc(C)cc3C)CC2)ccc1O. The van der Waals surface area contributed by atoms with Gasteiger partial charge in [-0.1, -0.05) is 23.8 Å². The Morgan fingerprint density at radius 3 is 2.54 bits per heavy atom. The number of hydrogen-bond acceptors (Lipinski definition) is 5. The number of rotatable bonds is 5. The number of phenolic OH excluding ortho intramolecular Hbond substituents is 1. The lowest BCUT2D eigenvalue weighted by Crippen LogP contribution is -2.43. The summed E-state index contributed by atoms with van der Waals surface area (Å²) in [6.45, 7) is 9.16. The van der Waals surface area contributed by atoms with Gasteiger partial charge >= 0.3 is 0 Å². The third-order valence-electron chi connectivity index (χ3n) is 4.81. The van der Waals surface area contributed by atoms with E-state index in [1.807, 2.05) is 12.3 Å². The number of benzene rings is 2. The fourth-order valence-electron chi connectivity index (χ4n) is 3.20. The molecular weight excluding hydrogens is 326 g/mol. The molecule has 1 saturated heterocycles. The zero-order valence-corrected chi connectivity index (χ0v) is 15.8. The van der Waals surface area contributed by atoms with Crippen molar-refractivity contribution in [1.82, 2.24) is 9.91 Å². The van der Waals surface area contributed by atoms with Gasteiger partial charge in [0.15, 0.2) is 11.5 Å². The van der Waals surface area contributed by atoms with Crippen molar-refractivity contribution in [2.45, 2.75) is 20.4 Å². The fourth-order valence-corrected chi connectivity index (χ4v) is 3.20. The molecule has 5 heteroatoms. The average molecular weight is 353 g/mol. The van der Waals surface area contributed by atoms with Gasteiger partial charge < -0.3 is 9.84 Å². The second-order valence-electron chi connectivity index (χ2n) is 6.84. The Labute approximate surface area is 155 Å². The molecule has 1 aliphatic heterocycles. The Morgan fingerprint density at radius 1 is 1.08 bits per heavy atom. The molecule has 2 aromatic rings. The van der Waals surface area contributed by atoms with Crippen LogP contribution in [0.1, 0.15) is 22.3 Å². The maximum atomic E-state index is 9.65. The third-order valence-corrected chi connectivity index (χ3v) is 4.81. The highest BCUT2D eigenvalue weighted by Crippen LogP contribution is 2.25. The summed E-state index contributed by atoms with van der Waals surface area (Å²) >= 11 is 0. The smallest absolute Gasteiger partial charge is 0.161 e. The summed E-state index contributed by atoms with van der Waals surface area (Å²) in [4.78, 5) is 2.48. The van der Waals surface area contributed by atoms with Gasteiger partial charge in [-0.2, -0.15) is 5.10 Å². The van der Waals surface area contributed by atoms with Gasteiger partial charge in [-0.05, 0) is 48.7 Å². The summed E-state index contributed by atoms with van der Waals surface area (Å²) in [5.74, 6) is 0.608. The van der Waals surface area contributed by atoms with E-state index in [0.29, 0.717) is 5.75 Å². The van der Waals surface area contributed by atoms with Gasteiger partial charge in [0.2, 0.25) is 0 Å². The zero-order chi connectivity index (χ0) is 18.5. The van der Waals surface area contributed by atoms with E-state index in [0.717, 1.165) is 38.3 Å². The lowest BCUT2D eigenvalue weighted by Gasteiger charge is -2.33. The van der Waals surface area contributed by atoms with E-state index in [2.05, 4.69) is 47.1 Å². The van der Waals surface area contributed by atoms with Crippen molar-refractivity contribution in [3.63, 3.8) is 0 Å². The number of nitrogens with zero attached hydrogens (tertiary/aromatic N) is 3. The molecule has 0 atom stereocenters. The minimum atomic E-state index is 0.143. The van der Waals surface area contributed by atoms with Crippen LogP contribution in [0.3, 0.4) is 0 Å². The lowest BCUT2D eigenvalue weighted by molar-refractivity contribution is 0.131. The second kappa shape index (κ2) is 8.23. The van der Waals surface area contributed by atoms with Gasteiger partial charge in [0, 0.05) is 32.7 Å². The van der Waals surface area contributed by atoms with Crippen LogP contribution in [0.25, 0.3) is 0 Å². The van der Waals surface area contributed by atoms with Gasteiger partial charge in [0.1, 0.15) is 0 Å². The molecule has 2 aromatic carbocycles. The Hall–Kier alpha value is -2.53. The zero-order valence-electron chi connectivity index (χ0n) is 15.8. The lowest BCUT2D eigenvalue weighted by atomic mass is 10.1. The number of piperazine rings is 1. The molecule has 26 heavy (non-hydrogen) atoms. The van der Waals surface area contributed by atoms with Gasteiger partial charge in [-0.3, -0.25) is 9.91 Å². The summed E-state index contributed by atoms with van der Waals surface area (Å²) < 4.78 is 5.13. The standard InChI is InChI=1S/C21H27N3O2/c1-16-4-6-19(17(2)12-16)15-23-8-10-24(11-9-23)22-14-18-5-7-20(25)21(13-18)26-3/h4-7,12-14,25H,8-11,15H2,1-3H3/b22-14+. The maximum Gasteiger partial charge on any atom is 0.161 e. The molecule has 0 aromatic heterocycles. The largest absolute Gasteiger partial charge is 0.504 e. The number of aromatic hydroxyl groups is 1. The van der Waals surface area contributed by atoms with Gasteiger partial charge in [-0.25, -0.2) is 0 Å². The minimum Gasteiger partial charge on any atom is -0.504 e. The average Bonchev–Trinajstić information content (AvgIpc) is 2.64. The van der Waals surface area contributed by atoms with Gasteiger partial charge in [-0.15, -0.1) is 0 Å². The minimum absolute atomic E-state index is 0.143. The maximum absolute atomic E-state index is 9.65. The Morgan fingerprint density at radius 2 is 1.85 bits per heavy atom. The molecule has 0 bridgehead atoms. The molecule has 1 aliphatic rings. The summed E-state index contributed by atoms with van der Waals surface area (Å²) in [6, 6.07) is 11.9. The Bertz CT molecular complexity index is 781. The molecule has 0 aliphatic carbocycles. The highest BCUT2D eigenvalue weighted by Gasteiger charge is 2.16. The normalized spacial score (nSPS) is 15.6. The first-order valence-electron chi connectivity index (χ1n) is 8.99. The number of hydrogen-bond donors (Lipinski definition) is 1. The van der Waals surface area contributed by atoms with Crippen molar-refractivity contribution in [3.05, 3.63) is 58.7 Å². The number of ether oxygens (including phenoxy) is 1. The highest BCUT2D eigenvalue weighted by atomic mass is 16.5. The quantitative estimate of drug-likeness (QED) is 0.839. The van der Waals surface area contributed by atoms with Crippen LogP contribution in [-0.2, 0) is 6.54 Å². The summed E-state index contributed by atoms with van der Waals surface area (Å²) in [5, 5.41) is 16.3. The molecule has 5 nitrogen and oxygen atoms in total. The van der Waals surface area contributed by atoms with Crippen LogP contribution in [0, 0.1) is 13.8 Å². The topological polar surface area (TPSA) is 48.3 Å². The summed E-state index contributed by atoms with van der Waals surface area (Å²) in [5.41, 5.74) is 5.00. The predicted octanol–water partition coefficient (Wildman–Crippen LogP) is 3.17. The molecule has 0 radical (unpaired) electrons. The van der Waals surface area contributed by atoms with E-state index in [1.54, 1.807) is 19.2 Å². The third kappa shape index (κ3) is 4.55. The van der Waals surface area contributed by atoms with Crippen LogP contribution in [0.5, 0.6) is 11.5 Å². The van der Waals surface area contributed by atoms with Crippen LogP contribution >= 0.6 is 0 Å².